The molecular formula is C52H59N7O14. The molecule has 3 fully saturated rings. The number of rotatable bonds is 12. The smallest absolute Gasteiger partial charge is 0.242 e. The zero-order chi connectivity index (χ0) is 51.1. The Morgan fingerprint density at radius 1 is 1.03 bits per heavy atom. The number of para-hydroxylation sites is 1. The lowest BCUT2D eigenvalue weighted by Crippen LogP contribution is -2.70. The van der Waals surface area contributed by atoms with Gasteiger partial charge in [-0.3, -0.25) is 30.8 Å². The number of nitrogens with one attached hydrogen (secondary N) is 4. The third kappa shape index (κ3) is 9.61. The van der Waals surface area contributed by atoms with Crippen molar-refractivity contribution >= 4 is 29.4 Å². The van der Waals surface area contributed by atoms with Gasteiger partial charge in [-0.05, 0) is 72.2 Å². The van der Waals surface area contributed by atoms with Crippen molar-refractivity contribution in [2.75, 3.05) is 44.5 Å². The van der Waals surface area contributed by atoms with Crippen molar-refractivity contribution in [3.63, 3.8) is 0 Å². The molecule has 3 saturated heterocycles. The van der Waals surface area contributed by atoms with E-state index in [1.165, 1.54) is 12.1 Å². The average Bonchev–Trinajstić information content (AvgIpc) is 3.79. The molecule has 0 spiro atoms. The van der Waals surface area contributed by atoms with E-state index in [-0.39, 0.29) is 97.4 Å². The zero-order valence-corrected chi connectivity index (χ0v) is 39.7. The Morgan fingerprint density at radius 2 is 1.86 bits per heavy atom. The van der Waals surface area contributed by atoms with Gasteiger partial charge in [0.2, 0.25) is 12.2 Å². The first kappa shape index (κ1) is 50.3. The molecule has 1 aliphatic carbocycles. The van der Waals surface area contributed by atoms with E-state index in [2.05, 4.69) is 33.1 Å². The third-order valence-electron chi connectivity index (χ3n) is 14.6. The van der Waals surface area contributed by atoms with Gasteiger partial charge in [0.05, 0.1) is 56.7 Å². The van der Waals surface area contributed by atoms with Crippen LogP contribution in [0.15, 0.2) is 72.1 Å². The fourth-order valence-corrected chi connectivity index (χ4v) is 10.9. The largest absolute Gasteiger partial charge is 0.486 e. The highest BCUT2D eigenvalue weighted by Crippen LogP contribution is 2.52. The molecule has 10 rings (SSSR count). The van der Waals surface area contributed by atoms with Crippen molar-refractivity contribution < 1.29 is 68.4 Å². The van der Waals surface area contributed by atoms with Crippen LogP contribution in [0.4, 0.5) is 5.69 Å². The number of allylic oxidation sites excluding steroid dienone is 1. The molecule has 12 atom stereocenters. The molecule has 13 N–H and O–H groups in total. The van der Waals surface area contributed by atoms with Crippen molar-refractivity contribution in [1.29, 1.82) is 0 Å². The first-order chi connectivity index (χ1) is 35.3. The van der Waals surface area contributed by atoms with Crippen LogP contribution in [0.25, 0.3) is 0 Å². The molecule has 3 aromatic carbocycles. The number of anilines is 1. The van der Waals surface area contributed by atoms with Crippen molar-refractivity contribution in [3.8, 4) is 23.3 Å². The van der Waals surface area contributed by atoms with E-state index in [1.807, 2.05) is 35.2 Å². The number of ether oxygens (including phenoxy) is 5. The molecule has 21 nitrogen and oxygen atoms in total. The van der Waals surface area contributed by atoms with Crippen LogP contribution < -0.4 is 47.1 Å². The van der Waals surface area contributed by atoms with E-state index >= 15 is 9.59 Å². The van der Waals surface area contributed by atoms with E-state index in [4.69, 9.17) is 35.2 Å². The SMILES string of the molecule is NC1=CC(CCOC2C3Oc4c(cc5c(c4OCC(O)CC=O)C(=O)c4cc(CO)ccc4C5=O)C(c4ccccc4N4CNC5C(=O)NC(N)NC54)C4CCC(O)CC#CC(O)(C(COC4)O3)C2O)=CCN1. The molecule has 1 amide bonds. The lowest BCUT2D eigenvalue weighted by atomic mass is 9.74. The molecule has 3 aromatic rings. The number of benzene rings is 3. The number of amides is 1. The number of hydrogen-bond acceptors (Lipinski definition) is 20. The summed E-state index contributed by atoms with van der Waals surface area (Å²) in [6.07, 6.45) is -5.97. The zero-order valence-electron chi connectivity index (χ0n) is 39.7. The Kier molecular flexibility index (Phi) is 14.4. The molecule has 12 unspecified atom stereocenters. The van der Waals surface area contributed by atoms with Gasteiger partial charge in [-0.1, -0.05) is 42.2 Å². The molecule has 0 aromatic heterocycles. The van der Waals surface area contributed by atoms with E-state index in [0.717, 1.165) is 5.57 Å². The summed E-state index contributed by atoms with van der Waals surface area (Å²) < 4.78 is 33.3. The van der Waals surface area contributed by atoms with E-state index in [0.29, 0.717) is 41.9 Å². The Balaban J connectivity index is 1.22. The van der Waals surface area contributed by atoms with Crippen molar-refractivity contribution in [3.05, 3.63) is 111 Å². The fraction of sp³-hybridized carbons (Fsp3) is 0.462. The first-order valence-corrected chi connectivity index (χ1v) is 24.5. The second-order valence-electron chi connectivity index (χ2n) is 19.3. The van der Waals surface area contributed by atoms with Crippen LogP contribution >= 0.6 is 0 Å². The average molecular weight is 1010 g/mol. The summed E-state index contributed by atoms with van der Waals surface area (Å²) >= 11 is 0. The number of aliphatic hydroxyl groups is 5. The van der Waals surface area contributed by atoms with Crippen molar-refractivity contribution in [2.45, 2.75) is 106 Å². The van der Waals surface area contributed by atoms with Gasteiger partial charge < -0.3 is 75.3 Å². The topological polar surface area (TPSA) is 319 Å². The lowest BCUT2D eigenvalue weighted by molar-refractivity contribution is -0.308. The minimum Gasteiger partial charge on any atom is -0.486 e. The minimum atomic E-state index is -2.36. The van der Waals surface area contributed by atoms with Crippen molar-refractivity contribution in [2.24, 2.45) is 17.4 Å². The maximum Gasteiger partial charge on any atom is 0.242 e. The van der Waals surface area contributed by atoms with Crippen LogP contribution in [-0.2, 0) is 30.4 Å². The van der Waals surface area contributed by atoms with Crippen LogP contribution in [0.2, 0.25) is 0 Å². The number of dihydropyridines is 1. The molecule has 7 aliphatic rings. The summed E-state index contributed by atoms with van der Waals surface area (Å²) in [4.78, 5) is 57.2. The van der Waals surface area contributed by atoms with Crippen LogP contribution in [0.1, 0.15) is 86.6 Å². The number of ketones is 2. The molecule has 6 aliphatic heterocycles. The number of hydrogen-bond donors (Lipinski definition) is 11. The highest BCUT2D eigenvalue weighted by atomic mass is 16.7. The molecule has 3 bridgehead atoms. The molecule has 21 heteroatoms. The summed E-state index contributed by atoms with van der Waals surface area (Å²) in [5.74, 6) is 2.53. The second-order valence-corrected chi connectivity index (χ2v) is 19.3. The van der Waals surface area contributed by atoms with Crippen molar-refractivity contribution in [1.82, 2.24) is 21.3 Å². The maximum atomic E-state index is 15.1. The monoisotopic (exact) mass is 1010 g/mol. The van der Waals surface area contributed by atoms with Crippen LogP contribution in [0.5, 0.6) is 11.5 Å². The number of aliphatic hydroxyl groups excluding tert-OH is 4. The van der Waals surface area contributed by atoms with Gasteiger partial charge in [-0.2, -0.15) is 0 Å². The van der Waals surface area contributed by atoms with Gasteiger partial charge in [-0.15, -0.1) is 0 Å². The van der Waals surface area contributed by atoms with Crippen LogP contribution in [0.3, 0.4) is 0 Å². The maximum absolute atomic E-state index is 15.1. The summed E-state index contributed by atoms with van der Waals surface area (Å²) in [7, 11) is 0. The van der Waals surface area contributed by atoms with E-state index < -0.39 is 97.5 Å². The van der Waals surface area contributed by atoms with Gasteiger partial charge in [0.1, 0.15) is 49.7 Å². The Labute approximate surface area is 419 Å². The standard InChI is InChI=1S/C52H59N7O14/c53-38-19-26(11-15-55-38)13-17-70-46-47(66)52(68)14-3-4-29(62)9-8-28-22-69-24-37(52)72-50(46)73-44-35(39(28)32-5-1-2-6-36(32)59-25-56-41-48(59)57-51(54)58-49(41)67)20-34-40(45(44)71-23-30(63)12-16-60)43(65)33-18-27(21-61)7-10-31(33)42(34)64/h1-2,5-7,10-11,16,18-20,28-30,37,39,41,46-48,50-51,55-57,61-63,66,68H,4,8-9,12-13,15,17,21-25,53-54H2,(H,58,67). The predicted molar refractivity (Wildman–Crippen MR) is 258 cm³/mol. The Hall–Kier alpha value is -6.26. The van der Waals surface area contributed by atoms with Gasteiger partial charge in [0, 0.05) is 53.2 Å². The predicted octanol–water partition coefficient (Wildman–Crippen LogP) is -1.07. The van der Waals surface area contributed by atoms with Gasteiger partial charge in [0.25, 0.3) is 0 Å². The molecular weight excluding hydrogens is 947 g/mol. The molecule has 386 valence electrons. The Morgan fingerprint density at radius 3 is 2.67 bits per heavy atom. The second kappa shape index (κ2) is 20.9. The number of fused-ring (bicyclic) bond motifs is 8. The number of aldehydes is 1. The number of carbonyl (C=O) groups is 4. The highest BCUT2D eigenvalue weighted by molar-refractivity contribution is 6.29. The fourth-order valence-electron chi connectivity index (χ4n) is 10.9. The molecule has 0 radical (unpaired) electrons. The minimum absolute atomic E-state index is 0.0334. The summed E-state index contributed by atoms with van der Waals surface area (Å²) in [6, 6.07) is 12.7. The normalized spacial score (nSPS) is 31.0. The highest BCUT2D eigenvalue weighted by Gasteiger charge is 2.57. The summed E-state index contributed by atoms with van der Waals surface area (Å²) in [6.45, 7) is -0.802. The first-order valence-electron chi connectivity index (χ1n) is 24.5. The number of carbonyl (C=O) groups excluding carboxylic acids is 4. The van der Waals surface area contributed by atoms with Gasteiger partial charge in [0.15, 0.2) is 28.7 Å². The Bertz CT molecular complexity index is 2800. The van der Waals surface area contributed by atoms with E-state index in [9.17, 15) is 35.1 Å². The van der Waals surface area contributed by atoms with Crippen LogP contribution in [0, 0.1) is 17.8 Å². The number of nitrogens with zero attached hydrogens (tertiary/aromatic N) is 1. The van der Waals surface area contributed by atoms with E-state index in [1.54, 1.807) is 18.2 Å². The molecule has 6 heterocycles. The lowest BCUT2D eigenvalue weighted by Gasteiger charge is -2.47. The quantitative estimate of drug-likeness (QED) is 0.0595. The van der Waals surface area contributed by atoms with Gasteiger partial charge >= 0.3 is 0 Å². The van der Waals surface area contributed by atoms with Gasteiger partial charge in [-0.25, -0.2) is 0 Å². The van der Waals surface area contributed by atoms with Crippen LogP contribution in [-0.4, -0.2) is 150 Å². The number of nitrogens with two attached hydrogens (primary N) is 2. The molecule has 73 heavy (non-hydrogen) atoms. The molecule has 0 saturated carbocycles. The summed E-state index contributed by atoms with van der Waals surface area (Å²) in [5.41, 5.74) is 12.3. The third-order valence-corrected chi connectivity index (χ3v) is 14.6. The summed E-state index contributed by atoms with van der Waals surface area (Å²) in [5, 5.41) is 70.1.